The predicted molar refractivity (Wildman–Crippen MR) is 266 cm³/mol. The molecule has 0 fully saturated rings. The van der Waals surface area contributed by atoms with Gasteiger partial charge in [0.2, 0.25) is 20.1 Å². The number of rotatable bonds is 4. The molecule has 2 bridgehead atoms. The molecule has 0 aliphatic carbocycles. The van der Waals surface area contributed by atoms with E-state index in [9.17, 15) is 0 Å². The van der Waals surface area contributed by atoms with Gasteiger partial charge in [0.15, 0.2) is 0 Å². The maximum absolute atomic E-state index is 2.65. The van der Waals surface area contributed by atoms with Crippen molar-refractivity contribution in [1.82, 2.24) is 0 Å². The van der Waals surface area contributed by atoms with Crippen molar-refractivity contribution in [2.24, 2.45) is 0 Å². The highest BCUT2D eigenvalue weighted by Gasteiger charge is 2.39. The van der Waals surface area contributed by atoms with Crippen LogP contribution in [0.5, 0.6) is 0 Å². The normalized spacial score (nSPS) is 12.9. The van der Waals surface area contributed by atoms with Crippen molar-refractivity contribution in [3.05, 3.63) is 192 Å². The third kappa shape index (κ3) is 6.83. The Kier molecular flexibility index (Phi) is 10.1. The average molecular weight is 777 g/mol. The molecule has 3 heteroatoms. The Morgan fingerprint density at radius 3 is 1.17 bits per heavy atom. The molecule has 0 N–H and O–H groups in total. The van der Waals surface area contributed by atoms with Crippen molar-refractivity contribution in [1.29, 1.82) is 0 Å². The van der Waals surface area contributed by atoms with Crippen LogP contribution in [0.3, 0.4) is 0 Å². The Labute approximate surface area is 362 Å². The highest BCUT2D eigenvalue weighted by Crippen LogP contribution is 2.25. The van der Waals surface area contributed by atoms with E-state index in [0.29, 0.717) is 0 Å². The first kappa shape index (κ1) is 40.2. The minimum absolute atomic E-state index is 0.0615. The lowest BCUT2D eigenvalue weighted by Gasteiger charge is -2.35. The third-order valence-corrected chi connectivity index (χ3v) is 14.1. The zero-order chi connectivity index (χ0) is 42.5. The summed E-state index contributed by atoms with van der Waals surface area (Å²) >= 11 is 0. The average Bonchev–Trinajstić information content (AvgIpc) is 3.13. The molecule has 0 amide bonds. The monoisotopic (exact) mass is 776 g/mol. The largest absolute Gasteiger partial charge is 0.242 e. The molecule has 2 heterocycles. The standard InChI is InChI=1S/C57H59B3/c1-32-14-15-52(38(7)16-32)58(53-39(8)17-33(2)18-40(53)9)49-29-50-31-51(30-49)60-56-44(13)22-36(5)24-46(56)28-48-26-37(6)25-47(57(48)60)27-45-23-35(4)21-43(12)55(45)59(50)54-41(10)19-34(3)20-42(54)11/h14-26,29-31H,27-28H2,1-13H3. The van der Waals surface area contributed by atoms with Gasteiger partial charge < -0.3 is 0 Å². The van der Waals surface area contributed by atoms with Crippen molar-refractivity contribution < 1.29 is 0 Å². The van der Waals surface area contributed by atoms with Gasteiger partial charge in [-0.1, -0.05) is 219 Å². The summed E-state index contributed by atoms with van der Waals surface area (Å²) in [5.74, 6) is 0. The molecule has 0 radical (unpaired) electrons. The molecule has 0 saturated carbocycles. The lowest BCUT2D eigenvalue weighted by atomic mass is 9.27. The molecular weight excluding hydrogens is 717 g/mol. The van der Waals surface area contributed by atoms with Gasteiger partial charge >= 0.3 is 0 Å². The summed E-state index contributed by atoms with van der Waals surface area (Å²) < 4.78 is 0. The maximum Gasteiger partial charge on any atom is 0.242 e. The molecule has 0 unspecified atom stereocenters. The molecule has 2 aliphatic rings. The second-order valence-corrected chi connectivity index (χ2v) is 19.4. The molecule has 0 saturated heterocycles. The van der Waals surface area contributed by atoms with E-state index in [1.165, 1.54) is 144 Å². The van der Waals surface area contributed by atoms with Crippen molar-refractivity contribution in [2.45, 2.75) is 103 Å². The van der Waals surface area contributed by atoms with Crippen LogP contribution < -0.4 is 49.2 Å². The van der Waals surface area contributed by atoms with Gasteiger partial charge in [0.25, 0.3) is 0 Å². The Morgan fingerprint density at radius 1 is 0.333 bits per heavy atom. The minimum atomic E-state index is 0.0615. The van der Waals surface area contributed by atoms with Crippen LogP contribution in [0.4, 0.5) is 0 Å². The Morgan fingerprint density at radius 2 is 0.700 bits per heavy atom. The molecule has 60 heavy (non-hydrogen) atoms. The van der Waals surface area contributed by atoms with Crippen LogP contribution in [-0.4, -0.2) is 20.1 Å². The summed E-state index contributed by atoms with van der Waals surface area (Å²) in [6, 6.07) is 39.6. The Hall–Kier alpha value is -5.27. The lowest BCUT2D eigenvalue weighted by Crippen LogP contribution is -2.65. The van der Waals surface area contributed by atoms with Gasteiger partial charge in [0, 0.05) is 0 Å². The fraction of sp³-hybridized carbons (Fsp3) is 0.263. The summed E-state index contributed by atoms with van der Waals surface area (Å²) in [7, 11) is 0. The Bertz CT molecular complexity index is 2880. The van der Waals surface area contributed by atoms with E-state index in [1.807, 2.05) is 0 Å². The van der Waals surface area contributed by atoms with Gasteiger partial charge in [0.05, 0.1) is 0 Å². The zero-order valence-electron chi connectivity index (χ0n) is 38.4. The van der Waals surface area contributed by atoms with Gasteiger partial charge in [-0.2, -0.15) is 0 Å². The second-order valence-electron chi connectivity index (χ2n) is 19.4. The van der Waals surface area contributed by atoms with E-state index < -0.39 is 0 Å². The van der Waals surface area contributed by atoms with Crippen LogP contribution in [0.1, 0.15) is 94.6 Å². The number of hydrogen-bond acceptors (Lipinski definition) is 0. The topological polar surface area (TPSA) is 0 Å². The van der Waals surface area contributed by atoms with Gasteiger partial charge in [-0.3, -0.25) is 0 Å². The number of benzene rings is 7. The first-order chi connectivity index (χ1) is 28.6. The molecule has 0 spiro atoms. The fourth-order valence-corrected chi connectivity index (χ4v) is 12.4. The second kappa shape index (κ2) is 15.0. The molecule has 2 aliphatic heterocycles. The molecular formula is C57H59B3. The zero-order valence-corrected chi connectivity index (χ0v) is 38.4. The van der Waals surface area contributed by atoms with Crippen LogP contribution in [0.2, 0.25) is 0 Å². The van der Waals surface area contributed by atoms with E-state index in [1.54, 1.807) is 0 Å². The molecule has 7 aromatic carbocycles. The van der Waals surface area contributed by atoms with Crippen molar-refractivity contribution >= 4 is 69.3 Å². The van der Waals surface area contributed by atoms with E-state index in [0.717, 1.165) is 12.8 Å². The highest BCUT2D eigenvalue weighted by atomic mass is 14.2. The SMILES string of the molecule is Cc1ccc(B(c2cc3cc(c2)B2c4c(C)cc(C)cc4Cc4cc(C)cc(c42)Cc2cc(C)cc(C)c2B3c2c(C)cc(C)cc2C)c2c(C)cc(C)cc2C)c(C)c1. The van der Waals surface area contributed by atoms with Crippen LogP contribution >= 0.6 is 0 Å². The minimum Gasteiger partial charge on any atom is -0.0717 e. The summed E-state index contributed by atoms with van der Waals surface area (Å²) in [5, 5.41) is 0. The Balaban J connectivity index is 1.49. The molecule has 0 atom stereocenters. The van der Waals surface area contributed by atoms with Gasteiger partial charge in [-0.25, -0.2) is 0 Å². The molecule has 296 valence electrons. The lowest BCUT2D eigenvalue weighted by molar-refractivity contribution is 1.13. The van der Waals surface area contributed by atoms with Crippen LogP contribution in [0, 0.1) is 90.0 Å². The summed E-state index contributed by atoms with van der Waals surface area (Å²) in [6.45, 7) is 30.3. The van der Waals surface area contributed by atoms with Gasteiger partial charge in [-0.15, -0.1) is 0 Å². The van der Waals surface area contributed by atoms with Crippen LogP contribution in [-0.2, 0) is 12.8 Å². The summed E-state index contributed by atoms with van der Waals surface area (Å²) in [6.07, 6.45) is 1.89. The van der Waals surface area contributed by atoms with Crippen molar-refractivity contribution in [2.75, 3.05) is 0 Å². The molecule has 0 nitrogen and oxygen atoms in total. The van der Waals surface area contributed by atoms with Gasteiger partial charge in [0.1, 0.15) is 0 Å². The molecule has 7 aromatic rings. The van der Waals surface area contributed by atoms with E-state index in [2.05, 4.69) is 187 Å². The third-order valence-electron chi connectivity index (χ3n) is 14.1. The van der Waals surface area contributed by atoms with E-state index in [-0.39, 0.29) is 20.1 Å². The van der Waals surface area contributed by atoms with Crippen molar-refractivity contribution in [3.8, 4) is 0 Å². The fourth-order valence-electron chi connectivity index (χ4n) is 12.4. The summed E-state index contributed by atoms with van der Waals surface area (Å²) in [4.78, 5) is 0. The van der Waals surface area contributed by atoms with Crippen molar-refractivity contribution in [3.63, 3.8) is 0 Å². The number of fused-ring (bicyclic) bond motifs is 6. The quantitative estimate of drug-likeness (QED) is 0.168. The highest BCUT2D eigenvalue weighted by molar-refractivity contribution is 7.01. The number of aryl methyl sites for hydroxylation is 13. The molecule has 0 aromatic heterocycles. The van der Waals surface area contributed by atoms with Crippen LogP contribution in [0.25, 0.3) is 0 Å². The van der Waals surface area contributed by atoms with E-state index in [4.69, 9.17) is 0 Å². The van der Waals surface area contributed by atoms with E-state index >= 15 is 0 Å². The smallest absolute Gasteiger partial charge is 0.0717 e. The first-order valence-corrected chi connectivity index (χ1v) is 22.3. The predicted octanol–water partition coefficient (Wildman–Crippen LogP) is 7.05. The number of hydrogen-bond donors (Lipinski definition) is 0. The summed E-state index contributed by atoms with van der Waals surface area (Å²) in [5.41, 5.74) is 36.5. The first-order valence-electron chi connectivity index (χ1n) is 22.3. The maximum atomic E-state index is 2.65. The molecule has 9 rings (SSSR count). The van der Waals surface area contributed by atoms with Crippen LogP contribution in [0.15, 0.2) is 97.1 Å². The van der Waals surface area contributed by atoms with Gasteiger partial charge in [-0.05, 0) is 125 Å².